The Balaban J connectivity index is 1.63. The molecule has 0 saturated carbocycles. The molecule has 3 aromatic rings. The number of halogens is 2. The first-order valence-corrected chi connectivity index (χ1v) is 10.2. The number of aliphatic hydroxyl groups is 1. The highest BCUT2D eigenvalue weighted by Gasteiger charge is 2.16. The lowest BCUT2D eigenvalue weighted by atomic mass is 10.1. The van der Waals surface area contributed by atoms with Gasteiger partial charge in [0.15, 0.2) is 0 Å². The Morgan fingerprint density at radius 1 is 1.32 bits per heavy atom. The van der Waals surface area contributed by atoms with Crippen LogP contribution in [0.5, 0.6) is 5.75 Å². The second-order valence-electron chi connectivity index (χ2n) is 6.48. The first-order valence-electron chi connectivity index (χ1n) is 9.14. The molecule has 5 nitrogen and oxygen atoms in total. The van der Waals surface area contributed by atoms with Crippen molar-refractivity contribution in [3.63, 3.8) is 0 Å². The van der Waals surface area contributed by atoms with Gasteiger partial charge < -0.3 is 20.1 Å². The molecule has 1 unspecified atom stereocenters. The molecule has 1 heterocycles. The molecular weight excluding hydrogens is 474 g/mol. The molecule has 0 aliphatic carbocycles. The quantitative estimate of drug-likeness (QED) is 0.401. The van der Waals surface area contributed by atoms with Crippen LogP contribution in [-0.2, 0) is 0 Å². The third-order valence-corrected chi connectivity index (χ3v) is 5.06. The Morgan fingerprint density at radius 3 is 2.93 bits per heavy atom. The van der Waals surface area contributed by atoms with Gasteiger partial charge >= 0.3 is 0 Å². The standard InChI is InChI=1S/C21H22FIN2O3/c1-2-9-28-20-6-4-14(23)11-16(20)21(27)24-8-7-19(26)17-12-25-18-5-3-13(22)10-15(17)18/h3-6,10-12,19,25-26H,2,7-9H2,1H3,(H,24,27). The molecule has 0 spiro atoms. The molecule has 0 saturated heterocycles. The maximum Gasteiger partial charge on any atom is 0.255 e. The summed E-state index contributed by atoms with van der Waals surface area (Å²) >= 11 is 2.15. The molecule has 3 N–H and O–H groups in total. The molecule has 28 heavy (non-hydrogen) atoms. The molecule has 1 atom stereocenters. The van der Waals surface area contributed by atoms with Crippen LogP contribution in [0.4, 0.5) is 4.39 Å². The number of aromatic amines is 1. The fourth-order valence-electron chi connectivity index (χ4n) is 2.98. The van der Waals surface area contributed by atoms with Gasteiger partial charge in [-0.15, -0.1) is 0 Å². The zero-order valence-corrected chi connectivity index (χ0v) is 17.6. The lowest BCUT2D eigenvalue weighted by molar-refractivity contribution is 0.0939. The highest BCUT2D eigenvalue weighted by Crippen LogP contribution is 2.27. The number of H-pyrrole nitrogens is 1. The van der Waals surface area contributed by atoms with Gasteiger partial charge in [-0.25, -0.2) is 4.39 Å². The van der Waals surface area contributed by atoms with Crippen molar-refractivity contribution in [2.75, 3.05) is 13.2 Å². The van der Waals surface area contributed by atoms with Gasteiger partial charge in [0.1, 0.15) is 11.6 Å². The van der Waals surface area contributed by atoms with Crippen LogP contribution in [0, 0.1) is 9.39 Å². The van der Waals surface area contributed by atoms with E-state index < -0.39 is 6.10 Å². The van der Waals surface area contributed by atoms with Crippen molar-refractivity contribution < 1.29 is 19.0 Å². The van der Waals surface area contributed by atoms with Gasteiger partial charge in [-0.3, -0.25) is 4.79 Å². The summed E-state index contributed by atoms with van der Waals surface area (Å²) < 4.78 is 20.1. The number of nitrogens with one attached hydrogen (secondary N) is 2. The lowest BCUT2D eigenvalue weighted by Gasteiger charge is -2.13. The summed E-state index contributed by atoms with van der Waals surface area (Å²) in [6.45, 7) is 2.82. The molecule has 0 radical (unpaired) electrons. The van der Waals surface area contributed by atoms with E-state index in [2.05, 4.69) is 32.9 Å². The minimum absolute atomic E-state index is 0.248. The Kier molecular flexibility index (Phi) is 6.90. The van der Waals surface area contributed by atoms with Crippen LogP contribution in [-0.4, -0.2) is 29.1 Å². The van der Waals surface area contributed by atoms with Crippen LogP contribution in [0.15, 0.2) is 42.6 Å². The topological polar surface area (TPSA) is 74.3 Å². The Morgan fingerprint density at radius 2 is 2.14 bits per heavy atom. The number of ether oxygens (including phenoxy) is 1. The number of aliphatic hydroxyl groups excluding tert-OH is 1. The molecule has 1 amide bonds. The van der Waals surface area contributed by atoms with Crippen molar-refractivity contribution in [1.29, 1.82) is 0 Å². The molecule has 2 aromatic carbocycles. The summed E-state index contributed by atoms with van der Waals surface area (Å²) in [5.74, 6) is -0.0543. The second-order valence-corrected chi connectivity index (χ2v) is 7.73. The van der Waals surface area contributed by atoms with Gasteiger partial charge in [-0.05, 0) is 71.8 Å². The molecule has 0 aliphatic heterocycles. The van der Waals surface area contributed by atoms with Gasteiger partial charge in [0.25, 0.3) is 5.91 Å². The number of fused-ring (bicyclic) bond motifs is 1. The van der Waals surface area contributed by atoms with Crippen molar-refractivity contribution in [3.05, 3.63) is 63.1 Å². The normalized spacial score (nSPS) is 12.1. The number of aromatic nitrogens is 1. The van der Waals surface area contributed by atoms with E-state index in [9.17, 15) is 14.3 Å². The average Bonchev–Trinajstić information content (AvgIpc) is 3.09. The SMILES string of the molecule is CCCOc1ccc(I)cc1C(=O)NCCC(O)c1c[nH]c2ccc(F)cc12. The zero-order chi connectivity index (χ0) is 20.1. The van der Waals surface area contributed by atoms with Gasteiger partial charge in [-0.1, -0.05) is 6.92 Å². The second kappa shape index (κ2) is 9.38. The summed E-state index contributed by atoms with van der Waals surface area (Å²) in [4.78, 5) is 15.6. The van der Waals surface area contributed by atoms with Crippen LogP contribution in [0.3, 0.4) is 0 Å². The fourth-order valence-corrected chi connectivity index (χ4v) is 3.47. The van der Waals surface area contributed by atoms with Gasteiger partial charge in [0, 0.05) is 32.8 Å². The lowest BCUT2D eigenvalue weighted by Crippen LogP contribution is -2.26. The number of hydrogen-bond acceptors (Lipinski definition) is 3. The van der Waals surface area contributed by atoms with Crippen LogP contribution in [0.25, 0.3) is 10.9 Å². The average molecular weight is 496 g/mol. The van der Waals surface area contributed by atoms with Crippen LogP contribution < -0.4 is 10.1 Å². The van der Waals surface area contributed by atoms with Crippen molar-refractivity contribution in [2.45, 2.75) is 25.9 Å². The number of amides is 1. The van der Waals surface area contributed by atoms with E-state index in [1.807, 2.05) is 13.0 Å². The summed E-state index contributed by atoms with van der Waals surface area (Å²) in [5, 5.41) is 14.0. The Labute approximate surface area is 176 Å². The van der Waals surface area contributed by atoms with Gasteiger partial charge in [0.05, 0.1) is 18.3 Å². The molecule has 7 heteroatoms. The van der Waals surface area contributed by atoms with E-state index in [0.717, 1.165) is 15.5 Å². The summed E-state index contributed by atoms with van der Waals surface area (Å²) in [7, 11) is 0. The summed E-state index contributed by atoms with van der Waals surface area (Å²) in [5.41, 5.74) is 1.85. The summed E-state index contributed by atoms with van der Waals surface area (Å²) in [6.07, 6.45) is 2.02. The van der Waals surface area contributed by atoms with E-state index in [4.69, 9.17) is 4.74 Å². The highest BCUT2D eigenvalue weighted by atomic mass is 127. The minimum atomic E-state index is -0.817. The zero-order valence-electron chi connectivity index (χ0n) is 15.5. The first-order chi connectivity index (χ1) is 13.5. The predicted molar refractivity (Wildman–Crippen MR) is 115 cm³/mol. The molecule has 1 aromatic heterocycles. The summed E-state index contributed by atoms with van der Waals surface area (Å²) in [6, 6.07) is 9.86. The molecule has 3 rings (SSSR count). The number of hydrogen-bond donors (Lipinski definition) is 3. The van der Waals surface area contributed by atoms with Crippen molar-refractivity contribution in [2.24, 2.45) is 0 Å². The number of benzene rings is 2. The molecule has 0 bridgehead atoms. The largest absolute Gasteiger partial charge is 0.493 e. The molecule has 0 aliphatic rings. The first kappa shape index (κ1) is 20.6. The number of carbonyl (C=O) groups is 1. The van der Waals surface area contributed by atoms with E-state index >= 15 is 0 Å². The van der Waals surface area contributed by atoms with Gasteiger partial charge in [-0.2, -0.15) is 0 Å². The molecule has 0 fully saturated rings. The smallest absolute Gasteiger partial charge is 0.255 e. The monoisotopic (exact) mass is 496 g/mol. The fraction of sp³-hybridized carbons (Fsp3) is 0.286. The maximum absolute atomic E-state index is 13.5. The predicted octanol–water partition coefficient (Wildman–Crippen LogP) is 4.55. The third kappa shape index (κ3) is 4.82. The van der Waals surface area contributed by atoms with Crippen molar-refractivity contribution in [1.82, 2.24) is 10.3 Å². The van der Waals surface area contributed by atoms with Crippen LogP contribution >= 0.6 is 22.6 Å². The number of rotatable bonds is 8. The van der Waals surface area contributed by atoms with E-state index in [0.29, 0.717) is 35.3 Å². The third-order valence-electron chi connectivity index (χ3n) is 4.39. The highest BCUT2D eigenvalue weighted by molar-refractivity contribution is 14.1. The Bertz CT molecular complexity index is 973. The Hall–Kier alpha value is -2.13. The van der Waals surface area contributed by atoms with Gasteiger partial charge in [0.2, 0.25) is 0 Å². The van der Waals surface area contributed by atoms with E-state index in [-0.39, 0.29) is 18.3 Å². The minimum Gasteiger partial charge on any atom is -0.493 e. The van der Waals surface area contributed by atoms with Crippen LogP contribution in [0.1, 0.15) is 41.8 Å². The van der Waals surface area contributed by atoms with Crippen molar-refractivity contribution >= 4 is 39.4 Å². The number of carbonyl (C=O) groups excluding carboxylic acids is 1. The maximum atomic E-state index is 13.5. The van der Waals surface area contributed by atoms with E-state index in [1.54, 1.807) is 24.4 Å². The van der Waals surface area contributed by atoms with E-state index in [1.165, 1.54) is 12.1 Å². The van der Waals surface area contributed by atoms with Crippen molar-refractivity contribution in [3.8, 4) is 5.75 Å². The molecule has 148 valence electrons. The molecular formula is C21H22FIN2O3. The van der Waals surface area contributed by atoms with Crippen LogP contribution in [0.2, 0.25) is 0 Å².